The first-order valence-electron chi connectivity index (χ1n) is 3.07. The van der Waals surface area contributed by atoms with Crippen molar-refractivity contribution in [3.63, 3.8) is 0 Å². The lowest BCUT2D eigenvalue weighted by atomic mass is 10.2. The molecule has 54 valence electrons. The molecule has 0 spiro atoms. The van der Waals surface area contributed by atoms with Crippen molar-refractivity contribution in [3.8, 4) is 0 Å². The van der Waals surface area contributed by atoms with E-state index in [1.165, 1.54) is 11.5 Å². The molecule has 4 heteroatoms. The number of nitrogens with zero attached hydrogens (tertiary/aromatic N) is 2. The Hall–Kier alpha value is -1.29. The van der Waals surface area contributed by atoms with Crippen LogP contribution in [0.2, 0.25) is 0 Å². The molecule has 1 aromatic carbocycles. The van der Waals surface area contributed by atoms with Crippen LogP contribution in [0.25, 0.3) is 10.2 Å². The Bertz CT molecular complexity index is 396. The van der Waals surface area contributed by atoms with Crippen LogP contribution < -0.4 is 0 Å². The van der Waals surface area contributed by atoms with Crippen molar-refractivity contribution < 1.29 is 4.79 Å². The van der Waals surface area contributed by atoms with E-state index in [2.05, 4.69) is 9.59 Å². The molecule has 1 aromatic heterocycles. The zero-order valence-corrected chi connectivity index (χ0v) is 6.34. The van der Waals surface area contributed by atoms with Gasteiger partial charge in [0.05, 0.1) is 4.70 Å². The van der Waals surface area contributed by atoms with Gasteiger partial charge in [0.15, 0.2) is 0 Å². The predicted molar refractivity (Wildman–Crippen MR) is 42.8 cm³/mol. The van der Waals surface area contributed by atoms with Crippen LogP contribution in [-0.4, -0.2) is 15.9 Å². The van der Waals surface area contributed by atoms with Crippen LogP contribution in [0, 0.1) is 0 Å². The van der Waals surface area contributed by atoms with E-state index >= 15 is 0 Å². The smallest absolute Gasteiger partial charge is 0.150 e. The van der Waals surface area contributed by atoms with Crippen molar-refractivity contribution in [1.82, 2.24) is 9.59 Å². The number of carbonyl (C=O) groups excluding carboxylic acids is 1. The molecule has 0 aliphatic rings. The molecule has 0 atom stereocenters. The molecule has 0 fully saturated rings. The third-order valence-corrected chi connectivity index (χ3v) is 2.09. The molecule has 0 bridgehead atoms. The summed E-state index contributed by atoms with van der Waals surface area (Å²) >= 11 is 1.30. The molecular formula is C7H4N2OS. The number of carbonyl (C=O) groups is 1. The summed E-state index contributed by atoms with van der Waals surface area (Å²) in [5, 5.41) is 3.85. The molecular weight excluding hydrogens is 160 g/mol. The molecule has 1 heterocycles. The Kier molecular flexibility index (Phi) is 1.40. The van der Waals surface area contributed by atoms with Crippen LogP contribution in [-0.2, 0) is 0 Å². The van der Waals surface area contributed by atoms with Crippen LogP contribution in [0.15, 0.2) is 18.2 Å². The lowest BCUT2D eigenvalue weighted by Gasteiger charge is -1.86. The highest BCUT2D eigenvalue weighted by Gasteiger charge is 1.97. The monoisotopic (exact) mass is 164 g/mol. The van der Waals surface area contributed by atoms with Crippen LogP contribution in [0.4, 0.5) is 0 Å². The van der Waals surface area contributed by atoms with Gasteiger partial charge in [0.25, 0.3) is 0 Å². The molecule has 2 rings (SSSR count). The van der Waals surface area contributed by atoms with Gasteiger partial charge in [-0.3, -0.25) is 4.79 Å². The minimum atomic E-state index is 0.670. The van der Waals surface area contributed by atoms with Crippen LogP contribution in [0.1, 0.15) is 10.4 Å². The molecule has 0 aliphatic carbocycles. The lowest BCUT2D eigenvalue weighted by molar-refractivity contribution is 0.112. The molecule has 3 nitrogen and oxygen atoms in total. The molecule has 0 radical (unpaired) electrons. The van der Waals surface area contributed by atoms with Crippen LogP contribution >= 0.6 is 11.5 Å². The first-order valence-corrected chi connectivity index (χ1v) is 3.85. The summed E-state index contributed by atoms with van der Waals surface area (Å²) < 4.78 is 4.71. The van der Waals surface area contributed by atoms with Gasteiger partial charge in [-0.05, 0) is 29.7 Å². The maximum atomic E-state index is 10.3. The number of rotatable bonds is 1. The summed E-state index contributed by atoms with van der Waals surface area (Å²) in [4.78, 5) is 10.3. The van der Waals surface area contributed by atoms with E-state index in [1.54, 1.807) is 18.2 Å². The number of fused-ring (bicyclic) bond motifs is 1. The number of benzene rings is 1. The second-order valence-electron chi connectivity index (χ2n) is 2.12. The Morgan fingerprint density at radius 1 is 1.45 bits per heavy atom. The predicted octanol–water partition coefficient (Wildman–Crippen LogP) is 1.50. The quantitative estimate of drug-likeness (QED) is 0.600. The zero-order valence-electron chi connectivity index (χ0n) is 5.52. The summed E-state index contributed by atoms with van der Waals surface area (Å²) in [6.45, 7) is 0. The van der Waals surface area contributed by atoms with Gasteiger partial charge in [-0.1, -0.05) is 4.49 Å². The minimum Gasteiger partial charge on any atom is -0.298 e. The highest BCUT2D eigenvalue weighted by Crippen LogP contribution is 2.15. The highest BCUT2D eigenvalue weighted by atomic mass is 32.1. The highest BCUT2D eigenvalue weighted by molar-refractivity contribution is 7.12. The van der Waals surface area contributed by atoms with Gasteiger partial charge < -0.3 is 0 Å². The Labute approximate surface area is 66.8 Å². The van der Waals surface area contributed by atoms with Crippen molar-refractivity contribution in [2.75, 3.05) is 0 Å². The van der Waals surface area contributed by atoms with Gasteiger partial charge in [-0.15, -0.1) is 5.10 Å². The van der Waals surface area contributed by atoms with Crippen LogP contribution in [0.3, 0.4) is 0 Å². The van der Waals surface area contributed by atoms with Crippen molar-refractivity contribution in [2.45, 2.75) is 0 Å². The lowest BCUT2D eigenvalue weighted by Crippen LogP contribution is -1.76. The summed E-state index contributed by atoms with van der Waals surface area (Å²) in [6.07, 6.45) is 0.819. The Morgan fingerprint density at radius 3 is 3.18 bits per heavy atom. The maximum Gasteiger partial charge on any atom is 0.150 e. The first kappa shape index (κ1) is 6.42. The van der Waals surface area contributed by atoms with Gasteiger partial charge in [-0.25, -0.2) is 0 Å². The third kappa shape index (κ3) is 1.01. The molecule has 0 amide bonds. The van der Waals surface area contributed by atoms with E-state index in [4.69, 9.17) is 0 Å². The van der Waals surface area contributed by atoms with E-state index in [-0.39, 0.29) is 0 Å². The summed E-state index contributed by atoms with van der Waals surface area (Å²) in [6, 6.07) is 5.31. The van der Waals surface area contributed by atoms with E-state index in [0.29, 0.717) is 5.56 Å². The van der Waals surface area contributed by atoms with Crippen molar-refractivity contribution >= 4 is 28.0 Å². The minimum absolute atomic E-state index is 0.670. The van der Waals surface area contributed by atoms with Gasteiger partial charge >= 0.3 is 0 Å². The number of aldehydes is 1. The van der Waals surface area contributed by atoms with E-state index in [1.807, 2.05) is 0 Å². The van der Waals surface area contributed by atoms with Crippen LogP contribution in [0.5, 0.6) is 0 Å². The number of hydrogen-bond acceptors (Lipinski definition) is 4. The third-order valence-electron chi connectivity index (χ3n) is 1.41. The standard InChI is InChI=1S/C7H4N2OS/c10-4-5-1-2-6-7(3-5)11-9-8-6/h1-4H. The fourth-order valence-electron chi connectivity index (χ4n) is 0.868. The van der Waals surface area contributed by atoms with E-state index in [0.717, 1.165) is 16.5 Å². The molecule has 0 saturated heterocycles. The van der Waals surface area contributed by atoms with Gasteiger partial charge in [0.1, 0.15) is 11.8 Å². The maximum absolute atomic E-state index is 10.3. The second kappa shape index (κ2) is 2.39. The SMILES string of the molecule is O=Cc1ccc2nnsc2c1. The molecule has 2 aromatic rings. The molecule has 0 saturated carbocycles. The average Bonchev–Trinajstić information content (AvgIpc) is 2.50. The van der Waals surface area contributed by atoms with Gasteiger partial charge in [-0.2, -0.15) is 0 Å². The number of hydrogen-bond donors (Lipinski definition) is 0. The second-order valence-corrected chi connectivity index (χ2v) is 2.90. The summed E-state index contributed by atoms with van der Waals surface area (Å²) in [7, 11) is 0. The molecule has 0 aliphatic heterocycles. The van der Waals surface area contributed by atoms with Gasteiger partial charge in [0.2, 0.25) is 0 Å². The molecule has 0 unspecified atom stereocenters. The molecule has 11 heavy (non-hydrogen) atoms. The van der Waals surface area contributed by atoms with E-state index in [9.17, 15) is 4.79 Å². The van der Waals surface area contributed by atoms with Crippen molar-refractivity contribution in [2.24, 2.45) is 0 Å². The van der Waals surface area contributed by atoms with Crippen molar-refractivity contribution in [1.29, 1.82) is 0 Å². The summed E-state index contributed by atoms with van der Waals surface area (Å²) in [5.74, 6) is 0. The average molecular weight is 164 g/mol. The van der Waals surface area contributed by atoms with Crippen molar-refractivity contribution in [3.05, 3.63) is 23.8 Å². The fourth-order valence-corrected chi connectivity index (χ4v) is 1.48. The normalized spacial score (nSPS) is 10.2. The Balaban J connectivity index is 2.76. The first-order chi connectivity index (χ1) is 5.40. The topological polar surface area (TPSA) is 42.9 Å². The zero-order chi connectivity index (χ0) is 7.68. The van der Waals surface area contributed by atoms with Gasteiger partial charge in [0, 0.05) is 5.56 Å². The Morgan fingerprint density at radius 2 is 2.36 bits per heavy atom. The largest absolute Gasteiger partial charge is 0.298 e. The molecule has 0 N–H and O–H groups in total. The summed E-state index contributed by atoms with van der Waals surface area (Å²) in [5.41, 5.74) is 1.52. The number of aromatic nitrogens is 2. The van der Waals surface area contributed by atoms with E-state index < -0.39 is 0 Å². The fraction of sp³-hybridized carbons (Fsp3) is 0.